The molecule has 1 atom stereocenters. The monoisotopic (exact) mass is 476 g/mol. The van der Waals surface area contributed by atoms with Crippen molar-refractivity contribution in [1.29, 1.82) is 0 Å². The number of carbonyl (C=O) groups is 2. The van der Waals surface area contributed by atoms with Gasteiger partial charge in [-0.15, -0.1) is 0 Å². The Morgan fingerprint density at radius 3 is 1.53 bits per heavy atom. The SMILES string of the molecule is C[C@H](CC(=O)NC(c1ccccc1)(c1ccccc1)c1ccccc1)C(=O)NCCc1ccccc1. The largest absolute Gasteiger partial charge is 0.356 e. The third-order valence-corrected chi connectivity index (χ3v) is 6.44. The summed E-state index contributed by atoms with van der Waals surface area (Å²) >= 11 is 0. The van der Waals surface area contributed by atoms with Gasteiger partial charge in [-0.1, -0.05) is 128 Å². The summed E-state index contributed by atoms with van der Waals surface area (Å²) in [5, 5.41) is 6.30. The third kappa shape index (κ3) is 5.89. The van der Waals surface area contributed by atoms with Crippen molar-refractivity contribution < 1.29 is 9.59 Å². The van der Waals surface area contributed by atoms with Crippen molar-refractivity contribution in [2.24, 2.45) is 5.92 Å². The van der Waals surface area contributed by atoms with E-state index in [0.29, 0.717) is 6.54 Å². The molecule has 4 aromatic carbocycles. The molecule has 0 heterocycles. The standard InChI is InChI=1S/C32H32N2O2/c1-25(31(36)33-23-22-26-14-6-2-7-15-26)24-30(35)34-32(27-16-8-3-9-17-27,28-18-10-4-11-19-28)29-20-12-5-13-21-29/h2-21,25H,22-24H2,1H3,(H,33,36)(H,34,35)/t25-/m1/s1. The normalized spacial score (nSPS) is 11.9. The van der Waals surface area contributed by atoms with Gasteiger partial charge >= 0.3 is 0 Å². The van der Waals surface area contributed by atoms with Crippen molar-refractivity contribution in [3.8, 4) is 0 Å². The lowest BCUT2D eigenvalue weighted by Crippen LogP contribution is -2.48. The highest BCUT2D eigenvalue weighted by Gasteiger charge is 2.38. The molecule has 182 valence electrons. The first-order valence-electron chi connectivity index (χ1n) is 12.4. The molecule has 0 aromatic heterocycles. The Morgan fingerprint density at radius 2 is 1.08 bits per heavy atom. The minimum absolute atomic E-state index is 0.0887. The van der Waals surface area contributed by atoms with Crippen LogP contribution < -0.4 is 10.6 Å². The quantitative estimate of drug-likeness (QED) is 0.298. The average Bonchev–Trinajstić information content (AvgIpc) is 2.93. The van der Waals surface area contributed by atoms with Gasteiger partial charge in [0.05, 0.1) is 0 Å². The molecular formula is C32H32N2O2. The zero-order chi connectivity index (χ0) is 25.2. The van der Waals surface area contributed by atoms with Gasteiger partial charge in [-0.3, -0.25) is 9.59 Å². The minimum atomic E-state index is -0.885. The van der Waals surface area contributed by atoms with E-state index in [-0.39, 0.29) is 18.2 Å². The van der Waals surface area contributed by atoms with Crippen LogP contribution in [0.2, 0.25) is 0 Å². The van der Waals surface area contributed by atoms with Gasteiger partial charge in [0.25, 0.3) is 0 Å². The summed E-state index contributed by atoms with van der Waals surface area (Å²) in [4.78, 5) is 26.3. The fraction of sp³-hybridized carbons (Fsp3) is 0.188. The van der Waals surface area contributed by atoms with Gasteiger partial charge in [0.1, 0.15) is 5.54 Å². The summed E-state index contributed by atoms with van der Waals surface area (Å²) in [5.41, 5.74) is 3.15. The smallest absolute Gasteiger partial charge is 0.223 e. The molecule has 4 aromatic rings. The summed E-state index contributed by atoms with van der Waals surface area (Å²) in [6, 6.07) is 40.0. The number of rotatable bonds is 10. The molecule has 36 heavy (non-hydrogen) atoms. The second kappa shape index (κ2) is 12.0. The predicted octanol–water partition coefficient (Wildman–Crippen LogP) is 5.48. The summed E-state index contributed by atoms with van der Waals surface area (Å²) in [5.74, 6) is -0.760. The number of hydrogen-bond acceptors (Lipinski definition) is 2. The molecule has 2 amide bonds. The van der Waals surface area contributed by atoms with Crippen LogP contribution in [0.3, 0.4) is 0 Å². The van der Waals surface area contributed by atoms with Gasteiger partial charge in [0.15, 0.2) is 0 Å². The molecule has 4 nitrogen and oxygen atoms in total. The second-order valence-corrected chi connectivity index (χ2v) is 9.03. The summed E-state index contributed by atoms with van der Waals surface area (Å²) < 4.78 is 0. The van der Waals surface area contributed by atoms with Crippen LogP contribution in [0.1, 0.15) is 35.6 Å². The number of benzene rings is 4. The van der Waals surface area contributed by atoms with E-state index < -0.39 is 11.5 Å². The Balaban J connectivity index is 1.54. The molecule has 0 saturated heterocycles. The van der Waals surface area contributed by atoms with E-state index in [4.69, 9.17) is 0 Å². The van der Waals surface area contributed by atoms with Crippen LogP contribution in [-0.2, 0) is 21.5 Å². The first-order valence-corrected chi connectivity index (χ1v) is 12.4. The first-order chi connectivity index (χ1) is 17.6. The van der Waals surface area contributed by atoms with E-state index in [1.165, 1.54) is 5.56 Å². The summed E-state index contributed by atoms with van der Waals surface area (Å²) in [6.07, 6.45) is 0.843. The predicted molar refractivity (Wildman–Crippen MR) is 144 cm³/mol. The van der Waals surface area contributed by atoms with E-state index in [0.717, 1.165) is 23.1 Å². The zero-order valence-corrected chi connectivity index (χ0v) is 20.6. The number of carbonyl (C=O) groups excluding carboxylic acids is 2. The van der Waals surface area contributed by atoms with Crippen molar-refractivity contribution in [1.82, 2.24) is 10.6 Å². The highest BCUT2D eigenvalue weighted by molar-refractivity contribution is 5.86. The lowest BCUT2D eigenvalue weighted by Gasteiger charge is -2.37. The van der Waals surface area contributed by atoms with Gasteiger partial charge in [0.2, 0.25) is 11.8 Å². The zero-order valence-electron chi connectivity index (χ0n) is 20.6. The van der Waals surface area contributed by atoms with Crippen LogP contribution >= 0.6 is 0 Å². The van der Waals surface area contributed by atoms with Crippen molar-refractivity contribution >= 4 is 11.8 Å². The van der Waals surface area contributed by atoms with E-state index in [2.05, 4.69) is 10.6 Å². The fourth-order valence-corrected chi connectivity index (χ4v) is 4.56. The molecule has 0 radical (unpaired) electrons. The molecule has 0 aliphatic carbocycles. The number of amides is 2. The van der Waals surface area contributed by atoms with Crippen LogP contribution in [0.5, 0.6) is 0 Å². The van der Waals surface area contributed by atoms with Crippen molar-refractivity contribution in [3.05, 3.63) is 144 Å². The lowest BCUT2D eigenvalue weighted by atomic mass is 9.76. The lowest BCUT2D eigenvalue weighted by molar-refractivity contribution is -0.130. The maximum atomic E-state index is 13.5. The van der Waals surface area contributed by atoms with Crippen molar-refractivity contribution in [3.63, 3.8) is 0 Å². The Bertz CT molecular complexity index is 1150. The number of hydrogen-bond donors (Lipinski definition) is 2. The molecule has 4 heteroatoms. The van der Waals surface area contributed by atoms with Crippen LogP contribution in [0.15, 0.2) is 121 Å². The van der Waals surface area contributed by atoms with E-state index in [1.54, 1.807) is 6.92 Å². The van der Waals surface area contributed by atoms with Crippen molar-refractivity contribution in [2.75, 3.05) is 6.54 Å². The van der Waals surface area contributed by atoms with Crippen LogP contribution in [0, 0.1) is 5.92 Å². The Labute approximate surface area is 213 Å². The van der Waals surface area contributed by atoms with Gasteiger partial charge in [0, 0.05) is 18.9 Å². The Morgan fingerprint density at radius 1 is 0.667 bits per heavy atom. The van der Waals surface area contributed by atoms with Gasteiger partial charge in [-0.25, -0.2) is 0 Å². The van der Waals surface area contributed by atoms with Crippen LogP contribution in [0.4, 0.5) is 0 Å². The Kier molecular flexibility index (Phi) is 8.30. The topological polar surface area (TPSA) is 58.2 Å². The van der Waals surface area contributed by atoms with Gasteiger partial charge < -0.3 is 10.6 Å². The van der Waals surface area contributed by atoms with Crippen LogP contribution in [-0.4, -0.2) is 18.4 Å². The first kappa shape index (κ1) is 24.9. The molecule has 0 bridgehead atoms. The molecule has 0 spiro atoms. The second-order valence-electron chi connectivity index (χ2n) is 9.03. The van der Waals surface area contributed by atoms with E-state index in [1.807, 2.05) is 121 Å². The maximum Gasteiger partial charge on any atom is 0.223 e. The van der Waals surface area contributed by atoms with Crippen LogP contribution in [0.25, 0.3) is 0 Å². The molecular weight excluding hydrogens is 444 g/mol. The third-order valence-electron chi connectivity index (χ3n) is 6.44. The summed E-state index contributed by atoms with van der Waals surface area (Å²) in [6.45, 7) is 2.34. The molecule has 0 aliphatic rings. The Hall–Kier alpha value is -4.18. The maximum absolute atomic E-state index is 13.5. The highest BCUT2D eigenvalue weighted by Crippen LogP contribution is 2.37. The molecule has 0 aliphatic heterocycles. The van der Waals surface area contributed by atoms with Gasteiger partial charge in [-0.05, 0) is 28.7 Å². The van der Waals surface area contributed by atoms with E-state index in [9.17, 15) is 9.59 Å². The van der Waals surface area contributed by atoms with E-state index >= 15 is 0 Å². The molecule has 2 N–H and O–H groups in total. The van der Waals surface area contributed by atoms with Gasteiger partial charge in [-0.2, -0.15) is 0 Å². The fourth-order valence-electron chi connectivity index (χ4n) is 4.56. The minimum Gasteiger partial charge on any atom is -0.356 e. The van der Waals surface area contributed by atoms with Crippen molar-refractivity contribution in [2.45, 2.75) is 25.3 Å². The molecule has 4 rings (SSSR count). The molecule has 0 fully saturated rings. The molecule has 0 saturated carbocycles. The summed E-state index contributed by atoms with van der Waals surface area (Å²) in [7, 11) is 0. The average molecular weight is 477 g/mol. The molecule has 0 unspecified atom stereocenters. The number of nitrogens with one attached hydrogen (secondary N) is 2. The highest BCUT2D eigenvalue weighted by atomic mass is 16.2.